The molecule has 7 nitrogen and oxygen atoms in total. The van der Waals surface area contributed by atoms with E-state index in [0.29, 0.717) is 6.54 Å². The minimum atomic E-state index is -0.194. The third kappa shape index (κ3) is 4.47. The summed E-state index contributed by atoms with van der Waals surface area (Å²) in [6.45, 7) is 3.15. The summed E-state index contributed by atoms with van der Waals surface area (Å²) in [5.41, 5.74) is 3.62. The number of aromatic nitrogens is 2. The van der Waals surface area contributed by atoms with Crippen molar-refractivity contribution in [1.82, 2.24) is 19.4 Å². The Morgan fingerprint density at radius 3 is 2.37 bits per heavy atom. The molecule has 2 heterocycles. The first-order valence-corrected chi connectivity index (χ1v) is 10.4. The van der Waals surface area contributed by atoms with Crippen molar-refractivity contribution < 1.29 is 9.90 Å². The molecule has 1 aliphatic rings. The number of aliphatic hydroxyl groups is 1. The van der Waals surface area contributed by atoms with Crippen LogP contribution in [0, 0.1) is 0 Å². The van der Waals surface area contributed by atoms with E-state index < -0.39 is 0 Å². The van der Waals surface area contributed by atoms with Crippen LogP contribution in [0.2, 0.25) is 0 Å². The second kappa shape index (κ2) is 8.85. The fraction of sp³-hybridized carbons (Fsp3) is 0.391. The van der Waals surface area contributed by atoms with Crippen LogP contribution in [0.5, 0.6) is 0 Å². The first kappa shape index (κ1) is 20.4. The van der Waals surface area contributed by atoms with Gasteiger partial charge < -0.3 is 10.4 Å². The highest BCUT2D eigenvalue weighted by atomic mass is 16.3. The number of aliphatic hydroxyl groups excluding tert-OH is 1. The Bertz CT molecular complexity index is 1080. The van der Waals surface area contributed by atoms with Crippen molar-refractivity contribution in [3.05, 3.63) is 70.1 Å². The van der Waals surface area contributed by atoms with Crippen LogP contribution in [-0.2, 0) is 31.5 Å². The molecule has 0 saturated carbocycles. The average Bonchev–Trinajstić information content (AvgIpc) is 3.00. The maximum Gasteiger partial charge on any atom is 0.329 e. The maximum atomic E-state index is 12.4. The zero-order valence-electron chi connectivity index (χ0n) is 17.3. The quantitative estimate of drug-likeness (QED) is 0.650. The Hall–Kier alpha value is -2.90. The van der Waals surface area contributed by atoms with Gasteiger partial charge in [-0.2, -0.15) is 0 Å². The van der Waals surface area contributed by atoms with Crippen molar-refractivity contribution >= 4 is 16.9 Å². The van der Waals surface area contributed by atoms with Crippen molar-refractivity contribution in [3.8, 4) is 0 Å². The SMILES string of the molecule is Cn1c(=O)n(CC(=O)NCc2ccc(CN3CCC(O)CC3)cc2)c2ccccc21. The molecule has 0 atom stereocenters. The lowest BCUT2D eigenvalue weighted by atomic mass is 10.1. The fourth-order valence-electron chi connectivity index (χ4n) is 4.01. The van der Waals surface area contributed by atoms with E-state index in [-0.39, 0.29) is 24.2 Å². The highest BCUT2D eigenvalue weighted by Gasteiger charge is 2.17. The Labute approximate surface area is 175 Å². The third-order valence-electron chi connectivity index (χ3n) is 5.83. The van der Waals surface area contributed by atoms with E-state index in [0.717, 1.165) is 49.1 Å². The number of likely N-dealkylation sites (tertiary alicyclic amines) is 1. The number of imidazole rings is 1. The Balaban J connectivity index is 1.32. The number of hydrogen-bond donors (Lipinski definition) is 2. The topological polar surface area (TPSA) is 79.5 Å². The predicted molar refractivity (Wildman–Crippen MR) is 116 cm³/mol. The molecule has 7 heteroatoms. The number of nitrogens with one attached hydrogen (secondary N) is 1. The third-order valence-corrected chi connectivity index (χ3v) is 5.83. The lowest BCUT2D eigenvalue weighted by Crippen LogP contribution is -2.35. The lowest BCUT2D eigenvalue weighted by Gasteiger charge is -2.29. The van der Waals surface area contributed by atoms with E-state index in [1.54, 1.807) is 11.6 Å². The normalized spacial score (nSPS) is 15.5. The molecule has 1 saturated heterocycles. The summed E-state index contributed by atoms with van der Waals surface area (Å²) in [5.74, 6) is -0.190. The van der Waals surface area contributed by atoms with Crippen LogP contribution in [0.4, 0.5) is 0 Å². The van der Waals surface area contributed by atoms with Gasteiger partial charge in [-0.15, -0.1) is 0 Å². The zero-order chi connectivity index (χ0) is 21.1. The van der Waals surface area contributed by atoms with Gasteiger partial charge in [0.25, 0.3) is 0 Å². The Morgan fingerprint density at radius 1 is 1.03 bits per heavy atom. The van der Waals surface area contributed by atoms with Gasteiger partial charge in [-0.1, -0.05) is 36.4 Å². The molecule has 1 aromatic heterocycles. The molecule has 1 amide bonds. The minimum absolute atomic E-state index is 0.000911. The highest BCUT2D eigenvalue weighted by Crippen LogP contribution is 2.14. The maximum absolute atomic E-state index is 12.4. The predicted octanol–water partition coefficient (Wildman–Crippen LogP) is 1.61. The number of amides is 1. The van der Waals surface area contributed by atoms with Gasteiger partial charge in [-0.25, -0.2) is 4.79 Å². The summed E-state index contributed by atoms with van der Waals surface area (Å²) < 4.78 is 3.06. The molecule has 158 valence electrons. The van der Waals surface area contributed by atoms with E-state index in [4.69, 9.17) is 0 Å². The van der Waals surface area contributed by atoms with Gasteiger partial charge in [0.05, 0.1) is 17.1 Å². The number of rotatable bonds is 6. The largest absolute Gasteiger partial charge is 0.393 e. The molecule has 2 aromatic carbocycles. The van der Waals surface area contributed by atoms with E-state index in [9.17, 15) is 14.7 Å². The number of piperidine rings is 1. The van der Waals surface area contributed by atoms with Gasteiger partial charge in [0, 0.05) is 33.2 Å². The van der Waals surface area contributed by atoms with Gasteiger partial charge in [0.15, 0.2) is 0 Å². The van der Waals surface area contributed by atoms with Crippen molar-refractivity contribution in [2.45, 2.75) is 38.6 Å². The number of nitrogens with zero attached hydrogens (tertiary/aromatic N) is 3. The van der Waals surface area contributed by atoms with Crippen LogP contribution in [-0.4, -0.2) is 44.2 Å². The van der Waals surface area contributed by atoms with E-state index in [2.05, 4.69) is 22.3 Å². The number of fused-ring (bicyclic) bond motifs is 1. The number of aryl methyl sites for hydroxylation is 1. The van der Waals surface area contributed by atoms with Gasteiger partial charge >= 0.3 is 5.69 Å². The number of hydrogen-bond acceptors (Lipinski definition) is 4. The lowest BCUT2D eigenvalue weighted by molar-refractivity contribution is -0.121. The van der Waals surface area contributed by atoms with E-state index in [1.807, 2.05) is 36.4 Å². The van der Waals surface area contributed by atoms with Crippen molar-refractivity contribution in [2.75, 3.05) is 13.1 Å². The first-order chi connectivity index (χ1) is 14.5. The molecule has 2 N–H and O–H groups in total. The van der Waals surface area contributed by atoms with Crippen molar-refractivity contribution in [2.24, 2.45) is 7.05 Å². The Kier molecular flexibility index (Phi) is 6.01. The summed E-state index contributed by atoms with van der Waals surface area (Å²) in [7, 11) is 1.71. The van der Waals surface area contributed by atoms with Gasteiger partial charge in [0.2, 0.25) is 5.91 Å². The smallest absolute Gasteiger partial charge is 0.329 e. The summed E-state index contributed by atoms with van der Waals surface area (Å²) >= 11 is 0. The monoisotopic (exact) mass is 408 g/mol. The molecule has 30 heavy (non-hydrogen) atoms. The molecular formula is C23H28N4O3. The van der Waals surface area contributed by atoms with Crippen LogP contribution in [0.15, 0.2) is 53.3 Å². The van der Waals surface area contributed by atoms with Crippen molar-refractivity contribution in [3.63, 3.8) is 0 Å². The van der Waals surface area contributed by atoms with Gasteiger partial charge in [-0.3, -0.25) is 18.8 Å². The molecular weight excluding hydrogens is 380 g/mol. The molecule has 3 aromatic rings. The average molecular weight is 409 g/mol. The standard InChI is InChI=1S/C23H28N4O3/c1-25-20-4-2-3-5-21(20)27(23(25)30)16-22(29)24-14-17-6-8-18(9-7-17)15-26-12-10-19(28)11-13-26/h2-9,19,28H,10-16H2,1H3,(H,24,29). The van der Waals surface area contributed by atoms with Crippen LogP contribution in [0.25, 0.3) is 11.0 Å². The number of benzene rings is 2. The molecule has 4 rings (SSSR count). The summed E-state index contributed by atoms with van der Waals surface area (Å²) in [6, 6.07) is 15.7. The molecule has 0 spiro atoms. The number of carbonyl (C=O) groups is 1. The second-order valence-electron chi connectivity index (χ2n) is 8.02. The molecule has 0 bridgehead atoms. The second-order valence-corrected chi connectivity index (χ2v) is 8.02. The van der Waals surface area contributed by atoms with E-state index >= 15 is 0 Å². The number of para-hydroxylation sites is 2. The van der Waals surface area contributed by atoms with E-state index in [1.165, 1.54) is 10.1 Å². The van der Waals surface area contributed by atoms with Crippen LogP contribution in [0.3, 0.4) is 0 Å². The summed E-state index contributed by atoms with van der Waals surface area (Å²) in [6.07, 6.45) is 1.52. The first-order valence-electron chi connectivity index (χ1n) is 10.4. The van der Waals surface area contributed by atoms with Gasteiger partial charge in [0.1, 0.15) is 6.54 Å². The number of carbonyl (C=O) groups excluding carboxylic acids is 1. The van der Waals surface area contributed by atoms with Gasteiger partial charge in [-0.05, 0) is 36.1 Å². The summed E-state index contributed by atoms with van der Waals surface area (Å²) in [5, 5.41) is 12.5. The van der Waals surface area contributed by atoms with Crippen molar-refractivity contribution in [1.29, 1.82) is 0 Å². The van der Waals surface area contributed by atoms with Crippen LogP contribution >= 0.6 is 0 Å². The summed E-state index contributed by atoms with van der Waals surface area (Å²) in [4.78, 5) is 27.2. The molecule has 1 fully saturated rings. The Morgan fingerprint density at radius 2 is 1.67 bits per heavy atom. The zero-order valence-corrected chi connectivity index (χ0v) is 17.3. The molecule has 0 aliphatic carbocycles. The molecule has 1 aliphatic heterocycles. The molecule has 0 radical (unpaired) electrons. The van der Waals surface area contributed by atoms with Crippen LogP contribution in [0.1, 0.15) is 24.0 Å². The minimum Gasteiger partial charge on any atom is -0.393 e. The highest BCUT2D eigenvalue weighted by molar-refractivity contribution is 5.80. The molecule has 0 unspecified atom stereocenters. The van der Waals surface area contributed by atoms with Crippen LogP contribution < -0.4 is 11.0 Å². The fourth-order valence-corrected chi connectivity index (χ4v) is 4.01.